The molecule has 0 radical (unpaired) electrons. The molecule has 15 nitrogen and oxygen atoms in total. The molecular formula is C27H49N7O8. The summed E-state index contributed by atoms with van der Waals surface area (Å²) < 4.78 is 0. The number of nitrogens with one attached hydrogen (secondary N) is 4. The first-order valence-electron chi connectivity index (χ1n) is 14.3. The van der Waals surface area contributed by atoms with Crippen LogP contribution in [0.25, 0.3) is 0 Å². The van der Waals surface area contributed by atoms with E-state index in [-0.39, 0.29) is 32.1 Å². The van der Waals surface area contributed by atoms with Crippen molar-refractivity contribution in [2.45, 2.75) is 110 Å². The first kappa shape index (κ1) is 38.2. The third-order valence-corrected chi connectivity index (χ3v) is 6.78. The summed E-state index contributed by atoms with van der Waals surface area (Å²) in [4.78, 5) is 86.5. The van der Waals surface area contributed by atoms with Crippen LogP contribution in [0.1, 0.15) is 85.5 Å². The van der Waals surface area contributed by atoms with Gasteiger partial charge in [-0.15, -0.1) is 0 Å². The predicted molar refractivity (Wildman–Crippen MR) is 154 cm³/mol. The van der Waals surface area contributed by atoms with Crippen LogP contribution in [0, 0.1) is 11.8 Å². The average molecular weight is 600 g/mol. The van der Waals surface area contributed by atoms with E-state index in [1.807, 2.05) is 0 Å². The van der Waals surface area contributed by atoms with Gasteiger partial charge in [0.2, 0.25) is 35.4 Å². The lowest BCUT2D eigenvalue weighted by atomic mass is 9.96. The summed E-state index contributed by atoms with van der Waals surface area (Å²) in [6, 6.07) is -4.91. The number of primary amides is 2. The molecule has 0 fully saturated rings. The zero-order valence-corrected chi connectivity index (χ0v) is 25.1. The largest absolute Gasteiger partial charge is 0.480 e. The Morgan fingerprint density at radius 2 is 1.17 bits per heavy atom. The number of unbranched alkanes of at least 4 members (excludes halogenated alkanes) is 2. The van der Waals surface area contributed by atoms with Crippen molar-refractivity contribution in [2.24, 2.45) is 29.0 Å². The fraction of sp³-hybridized carbons (Fsp3) is 0.741. The molecule has 5 atom stereocenters. The molecule has 0 aromatic carbocycles. The molecule has 0 aromatic rings. The lowest BCUT2D eigenvalue weighted by Gasteiger charge is -2.29. The molecule has 0 saturated heterocycles. The highest BCUT2D eigenvalue weighted by atomic mass is 16.4. The van der Waals surface area contributed by atoms with E-state index in [0.717, 1.165) is 6.42 Å². The minimum atomic E-state index is -1.35. The molecule has 0 saturated carbocycles. The summed E-state index contributed by atoms with van der Waals surface area (Å²) in [6.07, 6.45) is 1.69. The molecule has 0 unspecified atom stereocenters. The lowest BCUT2D eigenvalue weighted by Crippen LogP contribution is -2.59. The van der Waals surface area contributed by atoms with Gasteiger partial charge in [0.25, 0.3) is 0 Å². The van der Waals surface area contributed by atoms with Gasteiger partial charge in [0, 0.05) is 19.3 Å². The van der Waals surface area contributed by atoms with E-state index in [9.17, 15) is 38.7 Å². The number of carbonyl (C=O) groups excluding carboxylic acids is 6. The van der Waals surface area contributed by atoms with Crippen LogP contribution >= 0.6 is 0 Å². The highest BCUT2D eigenvalue weighted by molar-refractivity contribution is 5.95. The van der Waals surface area contributed by atoms with Crippen molar-refractivity contribution in [3.05, 3.63) is 0 Å². The van der Waals surface area contributed by atoms with E-state index in [1.54, 1.807) is 27.7 Å². The standard InChI is InChI=1S/C27H49N7O8/c1-5-16(4)23(26(40)33-22(15(2)3)27(41)42)34-25(39)18(11-13-20(30)36)32-24(38)17(10-12-19(29)35)31-21(37)9-7-6-8-14-28/h15-18,22-23H,5-14,28H2,1-4H3,(H2,29,35)(H2,30,36)(H,31,37)(H,32,38)(H,33,40)(H,34,39)(H,41,42)/t16-,17-,18-,22-,23-/m0/s1. The number of rotatable bonds is 22. The summed E-state index contributed by atoms with van der Waals surface area (Å²) in [5, 5.41) is 19.5. The maximum atomic E-state index is 13.3. The summed E-state index contributed by atoms with van der Waals surface area (Å²) >= 11 is 0. The van der Waals surface area contributed by atoms with Gasteiger partial charge < -0.3 is 43.6 Å². The Labute approximate surface area is 246 Å². The first-order chi connectivity index (χ1) is 19.6. The third-order valence-electron chi connectivity index (χ3n) is 6.78. The molecule has 240 valence electrons. The molecule has 0 aliphatic carbocycles. The molecule has 0 aromatic heterocycles. The van der Waals surface area contributed by atoms with Gasteiger partial charge in [0.15, 0.2) is 0 Å². The number of carbonyl (C=O) groups is 7. The van der Waals surface area contributed by atoms with E-state index in [4.69, 9.17) is 17.2 Å². The van der Waals surface area contributed by atoms with Gasteiger partial charge >= 0.3 is 5.97 Å². The second-order valence-corrected chi connectivity index (χ2v) is 10.7. The number of amides is 6. The number of nitrogens with two attached hydrogens (primary N) is 3. The number of carboxylic acid groups (broad SMARTS) is 1. The van der Waals surface area contributed by atoms with Crippen LogP contribution < -0.4 is 38.5 Å². The van der Waals surface area contributed by atoms with Crippen LogP contribution in [-0.4, -0.2) is 77.2 Å². The lowest BCUT2D eigenvalue weighted by molar-refractivity contribution is -0.144. The molecule has 0 aliphatic heterocycles. The second-order valence-electron chi connectivity index (χ2n) is 10.7. The SMILES string of the molecule is CC[C@H](C)[C@H](NC(=O)[C@H](CCC(N)=O)NC(=O)[C@H](CCC(N)=O)NC(=O)CCCCCN)C(=O)N[C@H](C(=O)O)C(C)C. The zero-order chi connectivity index (χ0) is 32.4. The summed E-state index contributed by atoms with van der Waals surface area (Å²) in [6.45, 7) is 7.20. The Bertz CT molecular complexity index is 943. The smallest absolute Gasteiger partial charge is 0.326 e. The van der Waals surface area contributed by atoms with Gasteiger partial charge in [0.1, 0.15) is 24.2 Å². The normalized spacial score (nSPS) is 14.5. The molecule has 42 heavy (non-hydrogen) atoms. The van der Waals surface area contributed by atoms with Crippen molar-refractivity contribution in [3.63, 3.8) is 0 Å². The second kappa shape index (κ2) is 20.2. The Kier molecular flexibility index (Phi) is 18.4. The van der Waals surface area contributed by atoms with Gasteiger partial charge in [-0.25, -0.2) is 4.79 Å². The molecule has 0 bridgehead atoms. The van der Waals surface area contributed by atoms with Gasteiger partial charge in [-0.1, -0.05) is 40.5 Å². The maximum Gasteiger partial charge on any atom is 0.326 e. The highest BCUT2D eigenvalue weighted by Crippen LogP contribution is 2.12. The van der Waals surface area contributed by atoms with Crippen LogP contribution in [0.5, 0.6) is 0 Å². The number of hydrogen-bond acceptors (Lipinski definition) is 8. The van der Waals surface area contributed by atoms with Crippen molar-refractivity contribution in [1.82, 2.24) is 21.3 Å². The third kappa shape index (κ3) is 15.3. The summed E-state index contributed by atoms with van der Waals surface area (Å²) in [5.74, 6) is -6.31. The van der Waals surface area contributed by atoms with Crippen LogP contribution in [0.15, 0.2) is 0 Å². The Morgan fingerprint density at radius 3 is 1.62 bits per heavy atom. The summed E-state index contributed by atoms with van der Waals surface area (Å²) in [5.41, 5.74) is 15.9. The fourth-order valence-electron chi connectivity index (χ4n) is 3.97. The van der Waals surface area contributed by atoms with Crippen molar-refractivity contribution < 1.29 is 38.7 Å². The summed E-state index contributed by atoms with van der Waals surface area (Å²) in [7, 11) is 0. The molecule has 0 spiro atoms. The average Bonchev–Trinajstić information content (AvgIpc) is 2.91. The zero-order valence-electron chi connectivity index (χ0n) is 25.1. The Balaban J connectivity index is 5.88. The van der Waals surface area contributed by atoms with Crippen LogP contribution in [-0.2, 0) is 33.6 Å². The minimum absolute atomic E-state index is 0.116. The predicted octanol–water partition coefficient (Wildman–Crippen LogP) is -1.24. The monoisotopic (exact) mass is 599 g/mol. The number of aliphatic carboxylic acids is 1. The Morgan fingerprint density at radius 1 is 0.667 bits per heavy atom. The fourth-order valence-corrected chi connectivity index (χ4v) is 3.97. The van der Waals surface area contributed by atoms with Crippen molar-refractivity contribution >= 4 is 41.4 Å². The maximum absolute atomic E-state index is 13.3. The van der Waals surface area contributed by atoms with E-state index in [2.05, 4.69) is 21.3 Å². The number of carboxylic acids is 1. The van der Waals surface area contributed by atoms with E-state index >= 15 is 0 Å². The molecule has 0 heterocycles. The van der Waals surface area contributed by atoms with E-state index in [0.29, 0.717) is 25.8 Å². The molecule has 11 N–H and O–H groups in total. The van der Waals surface area contributed by atoms with Crippen molar-refractivity contribution in [2.75, 3.05) is 6.54 Å². The van der Waals surface area contributed by atoms with Crippen molar-refractivity contribution in [3.8, 4) is 0 Å². The molecule has 0 rings (SSSR count). The van der Waals surface area contributed by atoms with E-state index < -0.39 is 77.4 Å². The van der Waals surface area contributed by atoms with Gasteiger partial charge in [0.05, 0.1) is 0 Å². The quantitative estimate of drug-likeness (QED) is 0.0691. The van der Waals surface area contributed by atoms with Crippen LogP contribution in [0.3, 0.4) is 0 Å². The van der Waals surface area contributed by atoms with E-state index in [1.165, 1.54) is 0 Å². The Hall–Kier alpha value is -3.75. The molecular weight excluding hydrogens is 550 g/mol. The minimum Gasteiger partial charge on any atom is -0.480 e. The first-order valence-corrected chi connectivity index (χ1v) is 14.3. The molecule has 0 aliphatic rings. The van der Waals surface area contributed by atoms with Gasteiger partial charge in [-0.05, 0) is 44.1 Å². The van der Waals surface area contributed by atoms with Gasteiger partial charge in [-0.2, -0.15) is 0 Å². The topological polar surface area (TPSA) is 266 Å². The van der Waals surface area contributed by atoms with Gasteiger partial charge in [-0.3, -0.25) is 28.8 Å². The molecule has 15 heteroatoms. The van der Waals surface area contributed by atoms with Crippen LogP contribution in [0.2, 0.25) is 0 Å². The van der Waals surface area contributed by atoms with Crippen LogP contribution in [0.4, 0.5) is 0 Å². The highest BCUT2D eigenvalue weighted by Gasteiger charge is 2.34. The number of hydrogen-bond donors (Lipinski definition) is 8. The molecule has 6 amide bonds. The van der Waals surface area contributed by atoms with Crippen molar-refractivity contribution in [1.29, 1.82) is 0 Å².